The van der Waals surface area contributed by atoms with Gasteiger partial charge in [0, 0.05) is 5.39 Å². The topological polar surface area (TPSA) is 73.0 Å². The average Bonchev–Trinajstić information content (AvgIpc) is 3.26. The number of halogens is 3. The third-order valence-corrected chi connectivity index (χ3v) is 4.78. The van der Waals surface area contributed by atoms with Crippen LogP contribution in [0, 0.1) is 12.8 Å². The van der Waals surface area contributed by atoms with Gasteiger partial charge < -0.3 is 9.73 Å². The van der Waals surface area contributed by atoms with E-state index in [1.165, 1.54) is 18.5 Å². The zero-order valence-electron chi connectivity index (χ0n) is 15.4. The van der Waals surface area contributed by atoms with Crippen molar-refractivity contribution in [3.05, 3.63) is 65.9 Å². The van der Waals surface area contributed by atoms with Crippen molar-refractivity contribution in [2.75, 3.05) is 5.32 Å². The number of oxazole rings is 1. The molecule has 3 aromatic rings. The SMILES string of the molecule is Cc1ocnc1C(=O)Nc1nn(CC2=CCC(C(F)(F)F)C=C2)c2ccccc12. The minimum atomic E-state index is -4.24. The fourth-order valence-corrected chi connectivity index (χ4v) is 3.23. The van der Waals surface area contributed by atoms with E-state index in [9.17, 15) is 18.0 Å². The van der Waals surface area contributed by atoms with Crippen molar-refractivity contribution in [1.82, 2.24) is 14.8 Å². The summed E-state index contributed by atoms with van der Waals surface area (Å²) in [5.41, 5.74) is 1.65. The first-order valence-corrected chi connectivity index (χ1v) is 8.94. The number of carbonyl (C=O) groups excluding carboxylic acids is 1. The number of hydrogen-bond acceptors (Lipinski definition) is 4. The van der Waals surface area contributed by atoms with Crippen molar-refractivity contribution in [3.8, 4) is 0 Å². The van der Waals surface area contributed by atoms with Crippen molar-refractivity contribution in [2.24, 2.45) is 5.92 Å². The van der Waals surface area contributed by atoms with Gasteiger partial charge in [0.25, 0.3) is 5.91 Å². The third-order valence-electron chi connectivity index (χ3n) is 4.78. The van der Waals surface area contributed by atoms with Gasteiger partial charge >= 0.3 is 6.18 Å². The predicted octanol–water partition coefficient (Wildman–Crippen LogP) is 4.65. The van der Waals surface area contributed by atoms with Crippen LogP contribution in [0.3, 0.4) is 0 Å². The largest absolute Gasteiger partial charge is 0.448 e. The second-order valence-corrected chi connectivity index (χ2v) is 6.76. The fraction of sp³-hybridized carbons (Fsp3) is 0.250. The zero-order valence-corrected chi connectivity index (χ0v) is 15.4. The van der Waals surface area contributed by atoms with Crippen LogP contribution in [0.5, 0.6) is 0 Å². The Morgan fingerprint density at radius 1 is 1.34 bits per heavy atom. The van der Waals surface area contributed by atoms with Gasteiger partial charge in [0.1, 0.15) is 5.76 Å². The number of allylic oxidation sites excluding steroid dienone is 4. The second-order valence-electron chi connectivity index (χ2n) is 6.76. The molecular weight excluding hydrogens is 385 g/mol. The molecule has 150 valence electrons. The number of anilines is 1. The van der Waals surface area contributed by atoms with E-state index in [0.717, 1.165) is 16.5 Å². The van der Waals surface area contributed by atoms with E-state index >= 15 is 0 Å². The third kappa shape index (κ3) is 3.80. The van der Waals surface area contributed by atoms with Gasteiger partial charge in [-0.3, -0.25) is 9.48 Å². The first-order chi connectivity index (χ1) is 13.8. The van der Waals surface area contributed by atoms with E-state index in [1.807, 2.05) is 24.3 Å². The number of aryl methyl sites for hydroxylation is 1. The number of amides is 1. The number of benzene rings is 1. The maximum Gasteiger partial charge on any atom is 0.395 e. The van der Waals surface area contributed by atoms with E-state index < -0.39 is 18.0 Å². The molecule has 2 heterocycles. The predicted molar refractivity (Wildman–Crippen MR) is 100 cm³/mol. The molecule has 1 aliphatic carbocycles. The highest BCUT2D eigenvalue weighted by Gasteiger charge is 2.37. The highest BCUT2D eigenvalue weighted by Crippen LogP contribution is 2.33. The summed E-state index contributed by atoms with van der Waals surface area (Å²) in [6.45, 7) is 1.93. The van der Waals surface area contributed by atoms with Crippen LogP contribution in [0.25, 0.3) is 10.9 Å². The monoisotopic (exact) mass is 402 g/mol. The molecule has 6 nitrogen and oxygen atoms in total. The summed E-state index contributed by atoms with van der Waals surface area (Å²) in [6.07, 6.45) is 1.09. The highest BCUT2D eigenvalue weighted by atomic mass is 19.4. The van der Waals surface area contributed by atoms with Crippen LogP contribution in [0.15, 0.2) is 58.9 Å². The first-order valence-electron chi connectivity index (χ1n) is 8.94. The lowest BCUT2D eigenvalue weighted by atomic mass is 9.96. The lowest BCUT2D eigenvalue weighted by molar-refractivity contribution is -0.160. The van der Waals surface area contributed by atoms with Gasteiger partial charge in [-0.05, 0) is 31.1 Å². The molecule has 1 amide bonds. The van der Waals surface area contributed by atoms with E-state index in [-0.39, 0.29) is 12.1 Å². The molecule has 1 unspecified atom stereocenters. The maximum atomic E-state index is 12.8. The molecule has 4 rings (SSSR count). The fourth-order valence-electron chi connectivity index (χ4n) is 3.23. The maximum absolute atomic E-state index is 12.8. The number of hydrogen-bond donors (Lipinski definition) is 1. The molecular formula is C20H17F3N4O2. The number of alkyl halides is 3. The van der Waals surface area contributed by atoms with Gasteiger partial charge in [-0.1, -0.05) is 30.4 Å². The van der Waals surface area contributed by atoms with Crippen LogP contribution in [-0.4, -0.2) is 26.8 Å². The Kier molecular flexibility index (Phi) is 4.73. The van der Waals surface area contributed by atoms with Gasteiger partial charge in [-0.2, -0.15) is 18.3 Å². The van der Waals surface area contributed by atoms with Crippen LogP contribution in [0.1, 0.15) is 22.7 Å². The summed E-state index contributed by atoms with van der Waals surface area (Å²) in [5.74, 6) is -1.16. The number of para-hydroxylation sites is 1. The summed E-state index contributed by atoms with van der Waals surface area (Å²) >= 11 is 0. The number of nitrogens with zero attached hydrogens (tertiary/aromatic N) is 3. The quantitative estimate of drug-likeness (QED) is 0.690. The lowest BCUT2D eigenvalue weighted by Gasteiger charge is -2.19. The summed E-state index contributed by atoms with van der Waals surface area (Å²) in [5, 5.41) is 7.91. The first kappa shape index (κ1) is 19.0. The Labute approximate surface area is 163 Å². The van der Waals surface area contributed by atoms with Crippen LogP contribution in [0.2, 0.25) is 0 Å². The number of fused-ring (bicyclic) bond motifs is 1. The number of rotatable bonds is 4. The Bertz CT molecular complexity index is 1120. The van der Waals surface area contributed by atoms with Crippen LogP contribution >= 0.6 is 0 Å². The molecule has 9 heteroatoms. The number of carbonyl (C=O) groups is 1. The number of aromatic nitrogens is 3. The molecule has 1 atom stereocenters. The molecule has 1 aliphatic rings. The van der Waals surface area contributed by atoms with Crippen LogP contribution in [-0.2, 0) is 6.54 Å². The van der Waals surface area contributed by atoms with Gasteiger partial charge in [-0.25, -0.2) is 4.98 Å². The molecule has 29 heavy (non-hydrogen) atoms. The van der Waals surface area contributed by atoms with E-state index in [4.69, 9.17) is 4.42 Å². The van der Waals surface area contributed by atoms with Crippen molar-refractivity contribution in [3.63, 3.8) is 0 Å². The molecule has 0 fully saturated rings. The Morgan fingerprint density at radius 3 is 2.79 bits per heavy atom. The average molecular weight is 402 g/mol. The molecule has 1 N–H and O–H groups in total. The standard InChI is InChI=1S/C20H17F3N4O2/c1-12-17(24-11-29-12)19(28)25-18-15-4-2-3-5-16(15)27(26-18)10-13-6-8-14(9-7-13)20(21,22)23/h2-8,11,14H,9-10H2,1H3,(H,25,26,28). The Balaban J connectivity index is 1.59. The molecule has 0 bridgehead atoms. The molecule has 0 spiro atoms. The van der Waals surface area contributed by atoms with Gasteiger partial charge in [0.15, 0.2) is 17.9 Å². The van der Waals surface area contributed by atoms with Crippen molar-refractivity contribution < 1.29 is 22.4 Å². The molecule has 1 aromatic carbocycles. The lowest BCUT2D eigenvalue weighted by Crippen LogP contribution is -2.22. The molecule has 0 radical (unpaired) electrons. The van der Waals surface area contributed by atoms with E-state index in [2.05, 4.69) is 15.4 Å². The Morgan fingerprint density at radius 2 is 2.14 bits per heavy atom. The van der Waals surface area contributed by atoms with Gasteiger partial charge in [-0.15, -0.1) is 0 Å². The normalized spacial score (nSPS) is 16.8. The van der Waals surface area contributed by atoms with E-state index in [1.54, 1.807) is 17.7 Å². The molecule has 0 saturated heterocycles. The molecule has 0 saturated carbocycles. The van der Waals surface area contributed by atoms with Gasteiger partial charge in [0.05, 0.1) is 18.0 Å². The van der Waals surface area contributed by atoms with E-state index in [0.29, 0.717) is 18.1 Å². The minimum absolute atomic E-state index is 0.0937. The highest BCUT2D eigenvalue weighted by molar-refractivity contribution is 6.07. The second kappa shape index (κ2) is 7.23. The molecule has 2 aromatic heterocycles. The van der Waals surface area contributed by atoms with Crippen molar-refractivity contribution >= 4 is 22.6 Å². The summed E-state index contributed by atoms with van der Waals surface area (Å²) < 4.78 is 45.2. The van der Waals surface area contributed by atoms with Gasteiger partial charge in [0.2, 0.25) is 0 Å². The zero-order chi connectivity index (χ0) is 20.6. The summed E-state index contributed by atoms with van der Waals surface area (Å²) in [6, 6.07) is 7.30. The van der Waals surface area contributed by atoms with Crippen molar-refractivity contribution in [2.45, 2.75) is 26.1 Å². The Hall–Kier alpha value is -3.36. The summed E-state index contributed by atoms with van der Waals surface area (Å²) in [4.78, 5) is 16.4. The van der Waals surface area contributed by atoms with Crippen molar-refractivity contribution in [1.29, 1.82) is 0 Å². The summed E-state index contributed by atoms with van der Waals surface area (Å²) in [7, 11) is 0. The van der Waals surface area contributed by atoms with Crippen LogP contribution in [0.4, 0.5) is 19.0 Å². The molecule has 0 aliphatic heterocycles. The minimum Gasteiger partial charge on any atom is -0.448 e. The number of nitrogens with one attached hydrogen (secondary N) is 1. The smallest absolute Gasteiger partial charge is 0.395 e. The van der Waals surface area contributed by atoms with Crippen LogP contribution < -0.4 is 5.32 Å².